The van der Waals surface area contributed by atoms with Crippen molar-refractivity contribution in [3.63, 3.8) is 0 Å². The fraction of sp³-hybridized carbons (Fsp3) is 0.727. The van der Waals surface area contributed by atoms with Crippen LogP contribution >= 0.6 is 0 Å². The molecule has 0 atom stereocenters. The average Bonchev–Trinajstić information content (AvgIpc) is 2.38. The highest BCUT2D eigenvalue weighted by Crippen LogP contribution is 2.21. The summed E-state index contributed by atoms with van der Waals surface area (Å²) in [5, 5.41) is 13.0. The Bertz CT molecular complexity index is 532. The van der Waals surface area contributed by atoms with Gasteiger partial charge < -0.3 is 5.11 Å². The molecule has 2 N–H and O–H groups in total. The van der Waals surface area contributed by atoms with Gasteiger partial charge in [0.15, 0.2) is 0 Å². The molecule has 0 saturated carbocycles. The number of nitrogens with zero attached hydrogens (tertiary/aromatic N) is 2. The Morgan fingerprint density at radius 1 is 1.39 bits per heavy atom. The number of sulfonamides is 1. The summed E-state index contributed by atoms with van der Waals surface area (Å²) >= 11 is 0. The van der Waals surface area contributed by atoms with Crippen LogP contribution in [0.1, 0.15) is 31.7 Å². The van der Waals surface area contributed by atoms with Crippen molar-refractivity contribution < 1.29 is 13.5 Å². The predicted molar refractivity (Wildman–Crippen MR) is 68.8 cm³/mol. The summed E-state index contributed by atoms with van der Waals surface area (Å²) in [6.07, 6.45) is 0.352. The van der Waals surface area contributed by atoms with Crippen LogP contribution in [-0.4, -0.2) is 35.5 Å². The van der Waals surface area contributed by atoms with Crippen LogP contribution in [0.2, 0.25) is 0 Å². The molecule has 0 aromatic carbocycles. The second-order valence-electron chi connectivity index (χ2n) is 5.09. The summed E-state index contributed by atoms with van der Waals surface area (Å²) in [4.78, 5) is 0.219. The second kappa shape index (κ2) is 4.99. The van der Waals surface area contributed by atoms with Crippen molar-refractivity contribution in [1.29, 1.82) is 0 Å². The minimum Gasteiger partial charge on any atom is -0.396 e. The molecule has 1 aromatic rings. The molecule has 7 heteroatoms. The number of aliphatic hydroxyl groups is 1. The minimum absolute atomic E-state index is 0.0689. The van der Waals surface area contributed by atoms with E-state index >= 15 is 0 Å². The predicted octanol–water partition coefficient (Wildman–Crippen LogP) is 0.476. The van der Waals surface area contributed by atoms with Gasteiger partial charge in [-0.2, -0.15) is 5.10 Å². The van der Waals surface area contributed by atoms with Crippen LogP contribution in [0.15, 0.2) is 4.90 Å². The molecule has 1 heterocycles. The number of aliphatic hydroxyl groups excluding tert-OH is 1. The van der Waals surface area contributed by atoms with Crippen molar-refractivity contribution in [1.82, 2.24) is 14.5 Å². The van der Waals surface area contributed by atoms with Crippen LogP contribution in [0.4, 0.5) is 0 Å². The van der Waals surface area contributed by atoms with Gasteiger partial charge in [0, 0.05) is 19.2 Å². The third-order valence-corrected chi connectivity index (χ3v) is 4.81. The van der Waals surface area contributed by atoms with Crippen molar-refractivity contribution >= 4 is 10.0 Å². The molecule has 0 amide bonds. The van der Waals surface area contributed by atoms with Gasteiger partial charge in [0.05, 0.1) is 11.4 Å². The van der Waals surface area contributed by atoms with E-state index in [2.05, 4.69) is 9.82 Å². The molecule has 0 unspecified atom stereocenters. The highest BCUT2D eigenvalue weighted by molar-refractivity contribution is 7.89. The van der Waals surface area contributed by atoms with Crippen molar-refractivity contribution in [3.8, 4) is 0 Å². The smallest absolute Gasteiger partial charge is 0.244 e. The van der Waals surface area contributed by atoms with E-state index in [9.17, 15) is 8.42 Å². The number of nitrogens with one attached hydrogen (secondary N) is 1. The van der Waals surface area contributed by atoms with Crippen molar-refractivity contribution in [2.75, 3.05) is 6.61 Å². The van der Waals surface area contributed by atoms with Crippen LogP contribution in [0.5, 0.6) is 0 Å². The molecule has 0 saturated heterocycles. The van der Waals surface area contributed by atoms with Crippen LogP contribution in [0, 0.1) is 13.8 Å². The van der Waals surface area contributed by atoms with Crippen molar-refractivity contribution in [3.05, 3.63) is 11.4 Å². The average molecular weight is 275 g/mol. The van der Waals surface area contributed by atoms with Crippen LogP contribution in [0.3, 0.4) is 0 Å². The molecule has 0 spiro atoms. The van der Waals surface area contributed by atoms with Gasteiger partial charge in [0.25, 0.3) is 0 Å². The first kappa shape index (κ1) is 15.1. The highest BCUT2D eigenvalue weighted by atomic mass is 32.2. The molecule has 0 fully saturated rings. The van der Waals surface area contributed by atoms with Gasteiger partial charge in [0.1, 0.15) is 4.90 Å². The second-order valence-corrected chi connectivity index (χ2v) is 6.71. The SMILES string of the molecule is Cc1nn(C)c(C)c1S(=O)(=O)NC(C)(C)CCO. The summed E-state index contributed by atoms with van der Waals surface area (Å²) in [6, 6.07) is 0. The van der Waals surface area contributed by atoms with Crippen molar-refractivity contribution in [2.24, 2.45) is 7.05 Å². The number of aromatic nitrogens is 2. The Morgan fingerprint density at radius 3 is 2.33 bits per heavy atom. The van der Waals surface area contributed by atoms with Crippen molar-refractivity contribution in [2.45, 2.75) is 44.6 Å². The standard InChI is InChI=1S/C11H21N3O3S/c1-8-10(9(2)14(5)12-8)18(16,17)13-11(3,4)6-7-15/h13,15H,6-7H2,1-5H3. The molecule has 0 radical (unpaired) electrons. The number of hydrogen-bond donors (Lipinski definition) is 2. The Balaban J connectivity index is 3.15. The van der Waals surface area contributed by atoms with E-state index in [4.69, 9.17) is 5.11 Å². The van der Waals surface area contributed by atoms with Gasteiger partial charge in [-0.15, -0.1) is 0 Å². The van der Waals surface area contributed by atoms with E-state index in [1.54, 1.807) is 39.4 Å². The molecule has 18 heavy (non-hydrogen) atoms. The summed E-state index contributed by atoms with van der Waals surface area (Å²) in [6.45, 7) is 6.79. The highest BCUT2D eigenvalue weighted by Gasteiger charge is 2.30. The molecule has 0 aliphatic heterocycles. The van der Waals surface area contributed by atoms with Gasteiger partial charge in [-0.3, -0.25) is 4.68 Å². The Hall–Kier alpha value is -0.920. The monoisotopic (exact) mass is 275 g/mol. The van der Waals surface area contributed by atoms with E-state index < -0.39 is 15.6 Å². The zero-order chi connectivity index (χ0) is 14.1. The van der Waals surface area contributed by atoms with Gasteiger partial charge in [-0.05, 0) is 34.1 Å². The first-order chi connectivity index (χ1) is 8.10. The third kappa shape index (κ3) is 3.09. The lowest BCUT2D eigenvalue weighted by Crippen LogP contribution is -2.44. The zero-order valence-electron chi connectivity index (χ0n) is 11.5. The van der Waals surface area contributed by atoms with E-state index in [0.717, 1.165) is 0 Å². The topological polar surface area (TPSA) is 84.2 Å². The lowest BCUT2D eigenvalue weighted by molar-refractivity contribution is 0.245. The fourth-order valence-corrected chi connectivity index (χ4v) is 3.77. The van der Waals surface area contributed by atoms with Crippen LogP contribution < -0.4 is 4.72 Å². The fourth-order valence-electron chi connectivity index (χ4n) is 1.89. The Kier molecular flexibility index (Phi) is 4.19. The largest absolute Gasteiger partial charge is 0.396 e. The molecule has 104 valence electrons. The lowest BCUT2D eigenvalue weighted by Gasteiger charge is -2.25. The van der Waals surface area contributed by atoms with Gasteiger partial charge in [-0.25, -0.2) is 13.1 Å². The van der Waals surface area contributed by atoms with Gasteiger partial charge in [-0.1, -0.05) is 0 Å². The van der Waals surface area contributed by atoms with E-state index in [0.29, 0.717) is 17.8 Å². The van der Waals surface area contributed by atoms with Gasteiger partial charge >= 0.3 is 0 Å². The maximum absolute atomic E-state index is 12.3. The first-order valence-corrected chi connectivity index (χ1v) is 7.24. The van der Waals surface area contributed by atoms with E-state index in [1.807, 2.05) is 0 Å². The van der Waals surface area contributed by atoms with Gasteiger partial charge in [0.2, 0.25) is 10.0 Å². The first-order valence-electron chi connectivity index (χ1n) is 5.76. The number of rotatable bonds is 5. The number of aryl methyl sites for hydroxylation is 2. The van der Waals surface area contributed by atoms with Crippen LogP contribution in [-0.2, 0) is 17.1 Å². The molecule has 1 rings (SSSR count). The molecule has 0 bridgehead atoms. The summed E-state index contributed by atoms with van der Waals surface area (Å²) in [7, 11) is -1.92. The lowest BCUT2D eigenvalue weighted by atomic mass is 10.0. The molecule has 0 aliphatic carbocycles. The summed E-state index contributed by atoms with van der Waals surface area (Å²) in [5.41, 5.74) is 0.379. The minimum atomic E-state index is -3.63. The molecular weight excluding hydrogens is 254 g/mol. The Morgan fingerprint density at radius 2 is 1.94 bits per heavy atom. The number of hydrogen-bond acceptors (Lipinski definition) is 4. The molecular formula is C11H21N3O3S. The Labute approximate surface area is 108 Å². The maximum atomic E-state index is 12.3. The molecule has 6 nitrogen and oxygen atoms in total. The molecule has 0 aliphatic rings. The van der Waals surface area contributed by atoms with Crippen LogP contribution in [0.25, 0.3) is 0 Å². The quantitative estimate of drug-likeness (QED) is 0.818. The maximum Gasteiger partial charge on any atom is 0.244 e. The summed E-state index contributed by atoms with van der Waals surface area (Å²) < 4.78 is 28.8. The van der Waals surface area contributed by atoms with E-state index in [-0.39, 0.29) is 11.5 Å². The zero-order valence-corrected chi connectivity index (χ0v) is 12.3. The van der Waals surface area contributed by atoms with E-state index in [1.165, 1.54) is 0 Å². The third-order valence-electron chi connectivity index (χ3n) is 2.86. The normalized spacial score (nSPS) is 13.0. The molecule has 1 aromatic heterocycles. The summed E-state index contributed by atoms with van der Waals surface area (Å²) in [5.74, 6) is 0.